The Labute approximate surface area is 117 Å². The van der Waals surface area contributed by atoms with Crippen LogP contribution in [0.25, 0.3) is 5.69 Å². The summed E-state index contributed by atoms with van der Waals surface area (Å²) in [5.41, 5.74) is 7.27. The first-order valence-corrected chi connectivity index (χ1v) is 6.48. The van der Waals surface area contributed by atoms with Crippen molar-refractivity contribution in [2.75, 3.05) is 5.73 Å². The molecular weight excluding hydrogens is 314 g/mol. The third kappa shape index (κ3) is 2.58. The highest BCUT2D eigenvalue weighted by Crippen LogP contribution is 2.28. The summed E-state index contributed by atoms with van der Waals surface area (Å²) in [6.07, 6.45) is 1.65. The molecule has 0 saturated carbocycles. The van der Waals surface area contributed by atoms with Crippen molar-refractivity contribution in [3.05, 3.63) is 38.5 Å². The molecule has 0 saturated heterocycles. The van der Waals surface area contributed by atoms with Crippen LogP contribution in [-0.2, 0) is 6.42 Å². The lowest BCUT2D eigenvalue weighted by molar-refractivity contribution is -0.385. The van der Waals surface area contributed by atoms with E-state index in [9.17, 15) is 10.1 Å². The Morgan fingerprint density at radius 3 is 2.84 bits per heavy atom. The van der Waals surface area contributed by atoms with Crippen molar-refractivity contribution in [1.29, 1.82) is 0 Å². The summed E-state index contributed by atoms with van der Waals surface area (Å²) in [7, 11) is 0. The maximum absolute atomic E-state index is 10.8. The molecule has 0 amide bonds. The number of hydrogen-bond acceptors (Lipinski definition) is 5. The number of nitrogens with zero attached hydrogens (tertiary/aromatic N) is 4. The first-order chi connectivity index (χ1) is 9.04. The molecule has 19 heavy (non-hydrogen) atoms. The van der Waals surface area contributed by atoms with Gasteiger partial charge in [0.25, 0.3) is 5.69 Å². The number of rotatable bonds is 4. The van der Waals surface area contributed by atoms with Gasteiger partial charge in [-0.3, -0.25) is 10.1 Å². The molecule has 2 aromatic rings. The Bertz CT molecular complexity index is 626. The van der Waals surface area contributed by atoms with Crippen molar-refractivity contribution in [3.63, 3.8) is 0 Å². The Morgan fingerprint density at radius 1 is 1.53 bits per heavy atom. The fourth-order valence-corrected chi connectivity index (χ4v) is 2.28. The molecule has 0 fully saturated rings. The van der Waals surface area contributed by atoms with Crippen molar-refractivity contribution < 1.29 is 4.92 Å². The summed E-state index contributed by atoms with van der Waals surface area (Å²) < 4.78 is 2.00. The van der Waals surface area contributed by atoms with Crippen LogP contribution in [0, 0.1) is 10.1 Å². The average Bonchev–Trinajstić information content (AvgIpc) is 2.71. The lowest BCUT2D eigenvalue weighted by atomic mass is 10.2. The van der Waals surface area contributed by atoms with E-state index < -0.39 is 4.92 Å². The van der Waals surface area contributed by atoms with E-state index in [-0.39, 0.29) is 5.69 Å². The van der Waals surface area contributed by atoms with Crippen LogP contribution >= 0.6 is 15.9 Å². The zero-order valence-corrected chi connectivity index (χ0v) is 11.8. The van der Waals surface area contributed by atoms with Gasteiger partial charge in [-0.2, -0.15) is 0 Å². The van der Waals surface area contributed by atoms with Gasteiger partial charge in [0, 0.05) is 6.07 Å². The maximum atomic E-state index is 10.8. The van der Waals surface area contributed by atoms with Gasteiger partial charge in [-0.25, -0.2) is 4.68 Å². The fraction of sp³-hybridized carbons (Fsp3) is 0.273. The normalized spacial score (nSPS) is 10.6. The minimum Gasteiger partial charge on any atom is -0.381 e. The quantitative estimate of drug-likeness (QED) is 0.687. The van der Waals surface area contributed by atoms with E-state index in [1.165, 1.54) is 6.07 Å². The van der Waals surface area contributed by atoms with Crippen molar-refractivity contribution in [2.45, 2.75) is 19.8 Å². The predicted octanol–water partition coefficient (Wildman–Crippen LogP) is 2.47. The number of nitro benzene ring substituents is 1. The molecule has 1 aromatic carbocycles. The standard InChI is InChI=1S/C11H12BrN5O2/c1-2-3-10-11(13)14-15-16(10)7-4-5-9(17(18)19)8(12)6-7/h4-6H,2-3,13H2,1H3. The van der Waals surface area contributed by atoms with Gasteiger partial charge in [0.1, 0.15) is 0 Å². The summed E-state index contributed by atoms with van der Waals surface area (Å²) in [5, 5.41) is 18.6. The third-order valence-electron chi connectivity index (χ3n) is 2.65. The van der Waals surface area contributed by atoms with E-state index in [0.29, 0.717) is 16.0 Å². The minimum absolute atomic E-state index is 0.00822. The number of aromatic nitrogens is 3. The second-order valence-corrected chi connectivity index (χ2v) is 4.83. The molecule has 1 heterocycles. The smallest absolute Gasteiger partial charge is 0.283 e. The molecule has 0 aliphatic carbocycles. The summed E-state index contributed by atoms with van der Waals surface area (Å²) in [6.45, 7) is 2.03. The van der Waals surface area contributed by atoms with Crippen molar-refractivity contribution >= 4 is 27.4 Å². The molecule has 0 spiro atoms. The van der Waals surface area contributed by atoms with Crippen LogP contribution in [0.5, 0.6) is 0 Å². The molecule has 0 unspecified atom stereocenters. The molecule has 0 radical (unpaired) electrons. The van der Waals surface area contributed by atoms with Gasteiger partial charge in [-0.1, -0.05) is 18.6 Å². The topological polar surface area (TPSA) is 99.9 Å². The van der Waals surface area contributed by atoms with Crippen LogP contribution in [-0.4, -0.2) is 19.9 Å². The first kappa shape index (κ1) is 13.5. The van der Waals surface area contributed by atoms with Crippen LogP contribution in [0.1, 0.15) is 19.0 Å². The van der Waals surface area contributed by atoms with Crippen LogP contribution < -0.4 is 5.73 Å². The molecule has 7 nitrogen and oxygen atoms in total. The number of nitro groups is 1. The average molecular weight is 326 g/mol. The van der Waals surface area contributed by atoms with Crippen molar-refractivity contribution in [2.24, 2.45) is 0 Å². The van der Waals surface area contributed by atoms with Gasteiger partial charge in [0.15, 0.2) is 5.82 Å². The van der Waals surface area contributed by atoms with E-state index >= 15 is 0 Å². The highest BCUT2D eigenvalue weighted by atomic mass is 79.9. The highest BCUT2D eigenvalue weighted by molar-refractivity contribution is 9.10. The molecule has 0 bridgehead atoms. The molecule has 2 N–H and O–H groups in total. The fourth-order valence-electron chi connectivity index (χ4n) is 1.77. The number of nitrogen functional groups attached to an aromatic ring is 1. The largest absolute Gasteiger partial charge is 0.381 e. The second-order valence-electron chi connectivity index (χ2n) is 3.98. The number of nitrogens with two attached hydrogens (primary N) is 1. The Balaban J connectivity index is 2.48. The van der Waals surface area contributed by atoms with Gasteiger partial charge < -0.3 is 5.73 Å². The van der Waals surface area contributed by atoms with Gasteiger partial charge >= 0.3 is 0 Å². The number of halogens is 1. The third-order valence-corrected chi connectivity index (χ3v) is 3.29. The number of hydrogen-bond donors (Lipinski definition) is 1. The van der Waals surface area contributed by atoms with E-state index in [1.54, 1.807) is 16.8 Å². The molecule has 8 heteroatoms. The molecule has 2 rings (SSSR count). The summed E-state index contributed by atoms with van der Waals surface area (Å²) in [4.78, 5) is 10.3. The SMILES string of the molecule is CCCc1c(N)nnn1-c1ccc([N+](=O)[O-])c(Br)c1. The lowest BCUT2D eigenvalue weighted by Crippen LogP contribution is -2.04. The van der Waals surface area contributed by atoms with Crippen molar-refractivity contribution in [1.82, 2.24) is 15.0 Å². The summed E-state index contributed by atoms with van der Waals surface area (Å²) in [5.74, 6) is 0.385. The monoisotopic (exact) mass is 325 g/mol. The summed E-state index contributed by atoms with van der Waals surface area (Å²) in [6, 6.07) is 4.68. The van der Waals surface area contributed by atoms with E-state index in [4.69, 9.17) is 5.73 Å². The maximum Gasteiger partial charge on any atom is 0.283 e. The van der Waals surface area contributed by atoms with Crippen LogP contribution in [0.15, 0.2) is 22.7 Å². The lowest BCUT2D eigenvalue weighted by Gasteiger charge is -2.06. The predicted molar refractivity (Wildman–Crippen MR) is 74.1 cm³/mol. The molecule has 100 valence electrons. The zero-order valence-electron chi connectivity index (χ0n) is 10.2. The molecular formula is C11H12BrN5O2. The van der Waals surface area contributed by atoms with Gasteiger partial charge in [-0.05, 0) is 34.5 Å². The number of benzene rings is 1. The molecule has 1 aromatic heterocycles. The Kier molecular flexibility index (Phi) is 3.79. The van der Waals surface area contributed by atoms with E-state index in [1.807, 2.05) is 6.92 Å². The minimum atomic E-state index is -0.448. The van der Waals surface area contributed by atoms with Crippen LogP contribution in [0.2, 0.25) is 0 Å². The molecule has 0 aliphatic heterocycles. The Morgan fingerprint density at radius 2 is 2.26 bits per heavy atom. The summed E-state index contributed by atoms with van der Waals surface area (Å²) >= 11 is 3.18. The van der Waals surface area contributed by atoms with Gasteiger partial charge in [-0.15, -0.1) is 5.10 Å². The van der Waals surface area contributed by atoms with Crippen LogP contribution in [0.4, 0.5) is 11.5 Å². The van der Waals surface area contributed by atoms with Gasteiger partial charge in [0.2, 0.25) is 0 Å². The first-order valence-electron chi connectivity index (χ1n) is 5.69. The van der Waals surface area contributed by atoms with Crippen molar-refractivity contribution in [3.8, 4) is 5.69 Å². The van der Waals surface area contributed by atoms with E-state index in [0.717, 1.165) is 18.5 Å². The van der Waals surface area contributed by atoms with E-state index in [2.05, 4.69) is 26.2 Å². The van der Waals surface area contributed by atoms with Gasteiger partial charge in [0.05, 0.1) is 20.8 Å². The Hall–Kier alpha value is -1.96. The molecule has 0 aliphatic rings. The zero-order chi connectivity index (χ0) is 14.0. The van der Waals surface area contributed by atoms with Crippen LogP contribution in [0.3, 0.4) is 0 Å². The molecule has 0 atom stereocenters. The highest BCUT2D eigenvalue weighted by Gasteiger charge is 2.15. The number of anilines is 1. The second kappa shape index (κ2) is 5.35.